The summed E-state index contributed by atoms with van der Waals surface area (Å²) in [6, 6.07) is 4.66. The molecule has 2 saturated heterocycles. The van der Waals surface area contributed by atoms with E-state index in [4.69, 9.17) is 5.14 Å². The van der Waals surface area contributed by atoms with Crippen LogP contribution in [0.15, 0.2) is 23.1 Å². The molecule has 1 aromatic carbocycles. The summed E-state index contributed by atoms with van der Waals surface area (Å²) in [5.41, 5.74) is 0.971. The molecule has 120 valence electrons. The van der Waals surface area contributed by atoms with Crippen molar-refractivity contribution < 1.29 is 13.2 Å². The number of likely N-dealkylation sites (tertiary alicyclic amines) is 2. The highest BCUT2D eigenvalue weighted by Gasteiger charge is 2.50. The molecule has 2 N–H and O–H groups in total. The van der Waals surface area contributed by atoms with Crippen LogP contribution in [-0.2, 0) is 10.0 Å². The molecule has 1 spiro atoms. The first-order valence-corrected chi connectivity index (χ1v) is 8.92. The van der Waals surface area contributed by atoms with Crippen LogP contribution in [0.3, 0.4) is 0 Å². The molecule has 0 bridgehead atoms. The maximum atomic E-state index is 12.6. The Balaban J connectivity index is 1.83. The summed E-state index contributed by atoms with van der Waals surface area (Å²) in [7, 11) is -1.71. The van der Waals surface area contributed by atoms with Crippen molar-refractivity contribution in [3.05, 3.63) is 29.3 Å². The molecule has 0 aromatic heterocycles. The summed E-state index contributed by atoms with van der Waals surface area (Å²) in [5, 5.41) is 5.20. The largest absolute Gasteiger partial charge is 0.335 e. The van der Waals surface area contributed by atoms with Gasteiger partial charge in [-0.05, 0) is 51.1 Å². The lowest BCUT2D eigenvalue weighted by atomic mass is 9.86. The fourth-order valence-electron chi connectivity index (χ4n) is 3.61. The van der Waals surface area contributed by atoms with Crippen molar-refractivity contribution >= 4 is 15.9 Å². The summed E-state index contributed by atoms with van der Waals surface area (Å²) in [6.07, 6.45) is 2.28. The number of amides is 1. The maximum absolute atomic E-state index is 12.6. The number of benzene rings is 1. The van der Waals surface area contributed by atoms with E-state index in [-0.39, 0.29) is 16.3 Å². The zero-order chi connectivity index (χ0) is 16.1. The molecular formula is C15H21N3O3S. The lowest BCUT2D eigenvalue weighted by molar-refractivity contribution is -0.00735. The third-order valence-corrected chi connectivity index (χ3v) is 6.08. The molecule has 0 radical (unpaired) electrons. The Morgan fingerprint density at radius 3 is 2.55 bits per heavy atom. The Bertz CT molecular complexity index is 724. The molecule has 6 nitrogen and oxygen atoms in total. The van der Waals surface area contributed by atoms with Crippen molar-refractivity contribution in [3.63, 3.8) is 0 Å². The van der Waals surface area contributed by atoms with Gasteiger partial charge in [0.25, 0.3) is 5.91 Å². The predicted molar refractivity (Wildman–Crippen MR) is 83.1 cm³/mol. The Kier molecular flexibility index (Phi) is 3.54. The monoisotopic (exact) mass is 323 g/mol. The fourth-order valence-corrected chi connectivity index (χ4v) is 4.41. The van der Waals surface area contributed by atoms with Gasteiger partial charge in [0.15, 0.2) is 0 Å². The molecule has 0 aliphatic carbocycles. The number of hydrogen-bond acceptors (Lipinski definition) is 4. The molecule has 2 aliphatic heterocycles. The van der Waals surface area contributed by atoms with E-state index in [2.05, 4.69) is 11.9 Å². The topological polar surface area (TPSA) is 83.7 Å². The Morgan fingerprint density at radius 1 is 1.32 bits per heavy atom. The number of sulfonamides is 1. The van der Waals surface area contributed by atoms with Gasteiger partial charge in [0.1, 0.15) is 0 Å². The van der Waals surface area contributed by atoms with Crippen LogP contribution >= 0.6 is 0 Å². The number of carbonyl (C=O) groups excluding carboxylic acids is 1. The Hall–Kier alpha value is -1.44. The second-order valence-corrected chi connectivity index (χ2v) is 7.91. The van der Waals surface area contributed by atoms with Crippen LogP contribution in [0, 0.1) is 6.92 Å². The van der Waals surface area contributed by atoms with E-state index < -0.39 is 10.0 Å². The summed E-state index contributed by atoms with van der Waals surface area (Å²) in [5.74, 6) is -0.117. The Morgan fingerprint density at radius 2 is 2.00 bits per heavy atom. The standard InChI is InChI=1S/C15H21N3O3S/c1-11-12(5-3-6-13(11)22(16,20)21)14(19)18-9-15(10-18)7-4-8-17(15)2/h3,5-6H,4,7-10H2,1-2H3,(H2,16,20,21). The van der Waals surface area contributed by atoms with E-state index in [1.807, 2.05) is 0 Å². The molecule has 3 rings (SSSR count). The number of primary sulfonamides is 1. The average molecular weight is 323 g/mol. The molecule has 1 aromatic rings. The zero-order valence-electron chi connectivity index (χ0n) is 12.9. The number of nitrogens with two attached hydrogens (primary N) is 1. The van der Waals surface area contributed by atoms with Crippen LogP contribution < -0.4 is 5.14 Å². The van der Waals surface area contributed by atoms with E-state index >= 15 is 0 Å². The van der Waals surface area contributed by atoms with Crippen molar-refractivity contribution in [1.29, 1.82) is 0 Å². The first kappa shape index (κ1) is 15.5. The highest BCUT2D eigenvalue weighted by molar-refractivity contribution is 7.89. The van der Waals surface area contributed by atoms with Gasteiger partial charge in [0.05, 0.1) is 10.4 Å². The van der Waals surface area contributed by atoms with E-state index in [0.29, 0.717) is 24.2 Å². The molecule has 1 amide bonds. The van der Waals surface area contributed by atoms with Crippen molar-refractivity contribution in [2.75, 3.05) is 26.7 Å². The van der Waals surface area contributed by atoms with Gasteiger partial charge < -0.3 is 4.90 Å². The lowest BCUT2D eigenvalue weighted by Crippen LogP contribution is -2.68. The normalized spacial score (nSPS) is 21.1. The number of rotatable bonds is 2. The van der Waals surface area contributed by atoms with E-state index in [1.165, 1.54) is 12.5 Å². The summed E-state index contributed by atoms with van der Waals surface area (Å²) < 4.78 is 23.2. The minimum atomic E-state index is -3.81. The third kappa shape index (κ3) is 2.33. The van der Waals surface area contributed by atoms with Gasteiger partial charge in [-0.15, -0.1) is 0 Å². The summed E-state index contributed by atoms with van der Waals surface area (Å²) >= 11 is 0. The lowest BCUT2D eigenvalue weighted by Gasteiger charge is -2.52. The highest BCUT2D eigenvalue weighted by Crippen LogP contribution is 2.37. The SMILES string of the molecule is Cc1c(C(=O)N2CC3(CCCN3C)C2)cccc1S(N)(=O)=O. The maximum Gasteiger partial charge on any atom is 0.254 e. The smallest absolute Gasteiger partial charge is 0.254 e. The molecule has 0 atom stereocenters. The summed E-state index contributed by atoms with van der Waals surface area (Å²) in [4.78, 5) is 16.8. The average Bonchev–Trinajstić information content (AvgIpc) is 2.77. The van der Waals surface area contributed by atoms with Gasteiger partial charge in [-0.1, -0.05) is 6.07 Å². The molecule has 0 saturated carbocycles. The van der Waals surface area contributed by atoms with E-state index in [1.54, 1.807) is 24.0 Å². The van der Waals surface area contributed by atoms with E-state index in [0.717, 1.165) is 13.0 Å². The minimum absolute atomic E-state index is 0.0200. The van der Waals surface area contributed by atoms with Crippen molar-refractivity contribution in [2.24, 2.45) is 5.14 Å². The van der Waals surface area contributed by atoms with Gasteiger partial charge in [-0.3, -0.25) is 9.69 Å². The molecule has 2 fully saturated rings. The number of likely N-dealkylation sites (N-methyl/N-ethyl adjacent to an activating group) is 1. The number of nitrogens with zero attached hydrogens (tertiary/aromatic N) is 2. The van der Waals surface area contributed by atoms with Gasteiger partial charge in [-0.2, -0.15) is 0 Å². The zero-order valence-corrected chi connectivity index (χ0v) is 13.7. The van der Waals surface area contributed by atoms with Crippen LogP contribution in [-0.4, -0.2) is 56.3 Å². The molecule has 0 unspecified atom stereocenters. The first-order chi connectivity index (χ1) is 10.2. The van der Waals surface area contributed by atoms with Gasteiger partial charge >= 0.3 is 0 Å². The van der Waals surface area contributed by atoms with Crippen LogP contribution in [0.25, 0.3) is 0 Å². The highest BCUT2D eigenvalue weighted by atomic mass is 32.2. The second kappa shape index (κ2) is 5.04. The molecular weight excluding hydrogens is 302 g/mol. The van der Waals surface area contributed by atoms with Crippen LogP contribution in [0.1, 0.15) is 28.8 Å². The van der Waals surface area contributed by atoms with Crippen LogP contribution in [0.2, 0.25) is 0 Å². The van der Waals surface area contributed by atoms with Crippen molar-refractivity contribution in [3.8, 4) is 0 Å². The fraction of sp³-hybridized carbons (Fsp3) is 0.533. The Labute approximate surface area is 130 Å². The predicted octanol–water partition coefficient (Wildman–Crippen LogP) is 0.563. The van der Waals surface area contributed by atoms with E-state index in [9.17, 15) is 13.2 Å². The minimum Gasteiger partial charge on any atom is -0.335 e. The van der Waals surface area contributed by atoms with Gasteiger partial charge in [-0.25, -0.2) is 13.6 Å². The van der Waals surface area contributed by atoms with Gasteiger partial charge in [0.2, 0.25) is 10.0 Å². The van der Waals surface area contributed by atoms with Crippen LogP contribution in [0.5, 0.6) is 0 Å². The quantitative estimate of drug-likeness (QED) is 0.862. The number of hydrogen-bond donors (Lipinski definition) is 1. The third-order valence-electron chi connectivity index (χ3n) is 5.02. The van der Waals surface area contributed by atoms with Crippen LogP contribution in [0.4, 0.5) is 0 Å². The first-order valence-electron chi connectivity index (χ1n) is 7.38. The number of carbonyl (C=O) groups is 1. The molecule has 2 heterocycles. The van der Waals surface area contributed by atoms with Gasteiger partial charge in [0, 0.05) is 18.7 Å². The molecule has 2 aliphatic rings. The molecule has 22 heavy (non-hydrogen) atoms. The summed E-state index contributed by atoms with van der Waals surface area (Å²) in [6.45, 7) is 4.12. The molecule has 7 heteroatoms. The van der Waals surface area contributed by atoms with Crippen molar-refractivity contribution in [1.82, 2.24) is 9.80 Å². The van der Waals surface area contributed by atoms with Crippen molar-refractivity contribution in [2.45, 2.75) is 30.2 Å². The second-order valence-electron chi connectivity index (χ2n) is 6.38.